The number of nitrogens with two attached hydrogens (primary N) is 1. The van der Waals surface area contributed by atoms with Crippen LogP contribution in [0.1, 0.15) is 15.9 Å². The van der Waals surface area contributed by atoms with Crippen molar-refractivity contribution in [2.75, 3.05) is 31.2 Å². The van der Waals surface area contributed by atoms with E-state index in [4.69, 9.17) is 15.0 Å². The van der Waals surface area contributed by atoms with Crippen molar-refractivity contribution in [2.24, 2.45) is 0 Å². The monoisotopic (exact) mass is 473 g/mol. The molecule has 0 aliphatic carbocycles. The smallest absolute Gasteiger partial charge is 0.407 e. The van der Waals surface area contributed by atoms with Crippen molar-refractivity contribution >= 4 is 42.1 Å². The van der Waals surface area contributed by atoms with E-state index in [2.05, 4.69) is 10.6 Å². The number of anilines is 2. The molecule has 1 aromatic heterocycles. The highest BCUT2D eigenvalue weighted by Crippen LogP contribution is 2.40. The van der Waals surface area contributed by atoms with Gasteiger partial charge in [0.2, 0.25) is 7.37 Å². The first-order chi connectivity index (χ1) is 15.3. The molecule has 168 valence electrons. The Labute approximate surface area is 190 Å². The molecule has 0 saturated heterocycles. The zero-order valence-electron chi connectivity index (χ0n) is 17.7. The number of benzene rings is 2. The number of hydrogen-bond donors (Lipinski definition) is 3. The molecule has 0 fully saturated rings. The highest BCUT2D eigenvalue weighted by atomic mass is 32.1. The Hall–Kier alpha value is -3.13. The molecule has 10 heteroatoms. The Morgan fingerprint density at radius 3 is 2.53 bits per heavy atom. The number of nitrogens with one attached hydrogen (secondary N) is 2. The number of amides is 2. The first-order valence-corrected chi connectivity index (χ1v) is 12.8. The van der Waals surface area contributed by atoms with Gasteiger partial charge in [-0.15, -0.1) is 11.3 Å². The van der Waals surface area contributed by atoms with Crippen molar-refractivity contribution in [3.63, 3.8) is 0 Å². The summed E-state index contributed by atoms with van der Waals surface area (Å²) >= 11 is 1.61. The minimum absolute atomic E-state index is 0.192. The van der Waals surface area contributed by atoms with E-state index in [0.29, 0.717) is 16.9 Å². The van der Waals surface area contributed by atoms with Gasteiger partial charge in [-0.05, 0) is 46.8 Å². The van der Waals surface area contributed by atoms with Gasteiger partial charge < -0.3 is 25.6 Å². The summed E-state index contributed by atoms with van der Waals surface area (Å²) in [6.07, 6.45) is -1.00. The Balaban J connectivity index is 1.57. The van der Waals surface area contributed by atoms with Crippen LogP contribution in [0.25, 0.3) is 10.4 Å². The first-order valence-electron chi connectivity index (χ1n) is 9.64. The molecule has 2 amide bonds. The molecule has 8 nitrogen and oxygen atoms in total. The van der Waals surface area contributed by atoms with Crippen molar-refractivity contribution in [1.82, 2.24) is 5.32 Å². The number of alkyl carbamates (subject to hydrolysis) is 1. The number of ether oxygens (including phenoxy) is 1. The van der Waals surface area contributed by atoms with Crippen LogP contribution in [0.15, 0.2) is 60.0 Å². The van der Waals surface area contributed by atoms with Gasteiger partial charge in [-0.25, -0.2) is 4.79 Å². The SMILES string of the molecule is COP(C)(=O)COC(=O)NCc1ccc(C(=O)Nc2cc(-c3cccs3)ccc2N)cc1. The number of nitrogen functional groups attached to an aromatic ring is 1. The third-order valence-corrected chi connectivity index (χ3v) is 6.87. The summed E-state index contributed by atoms with van der Waals surface area (Å²) < 4.78 is 21.4. The fourth-order valence-corrected chi connectivity index (χ4v) is 3.86. The van der Waals surface area contributed by atoms with Gasteiger partial charge in [0.1, 0.15) is 0 Å². The van der Waals surface area contributed by atoms with E-state index in [-0.39, 0.29) is 18.8 Å². The van der Waals surface area contributed by atoms with Gasteiger partial charge >= 0.3 is 6.09 Å². The predicted octanol–water partition coefficient (Wildman–Crippen LogP) is 4.99. The molecular weight excluding hydrogens is 449 g/mol. The summed E-state index contributed by atoms with van der Waals surface area (Å²) in [5, 5.41) is 7.39. The van der Waals surface area contributed by atoms with Gasteiger partial charge in [0, 0.05) is 30.8 Å². The van der Waals surface area contributed by atoms with Crippen molar-refractivity contribution in [3.8, 4) is 10.4 Å². The van der Waals surface area contributed by atoms with Gasteiger partial charge in [0.25, 0.3) is 5.91 Å². The van der Waals surface area contributed by atoms with Crippen LogP contribution < -0.4 is 16.4 Å². The topological polar surface area (TPSA) is 120 Å². The molecule has 1 atom stereocenters. The Kier molecular flexibility index (Phi) is 7.69. The van der Waals surface area contributed by atoms with Crippen LogP contribution in [-0.2, 0) is 20.4 Å². The van der Waals surface area contributed by atoms with Crippen molar-refractivity contribution in [2.45, 2.75) is 6.54 Å². The standard InChI is InChI=1S/C22H24N3O5PS/c1-29-31(2,28)14-30-22(27)24-13-15-5-7-16(8-6-15)21(26)25-19-12-17(9-10-18(19)23)20-4-3-11-32-20/h3-12H,13-14,23H2,1-2H3,(H,24,27)(H,25,26). The highest BCUT2D eigenvalue weighted by Gasteiger charge is 2.16. The van der Waals surface area contributed by atoms with E-state index in [0.717, 1.165) is 16.0 Å². The molecule has 1 heterocycles. The van der Waals surface area contributed by atoms with Crippen LogP contribution in [0.5, 0.6) is 0 Å². The Morgan fingerprint density at radius 1 is 1.12 bits per heavy atom. The maximum atomic E-state index is 12.7. The molecule has 2 aromatic carbocycles. The summed E-state index contributed by atoms with van der Waals surface area (Å²) in [5.74, 6) is -0.294. The summed E-state index contributed by atoms with van der Waals surface area (Å²) in [5.41, 5.74) is 9.24. The summed E-state index contributed by atoms with van der Waals surface area (Å²) in [7, 11) is -1.63. The number of carbonyl (C=O) groups is 2. The predicted molar refractivity (Wildman–Crippen MR) is 127 cm³/mol. The number of rotatable bonds is 8. The van der Waals surface area contributed by atoms with Crippen LogP contribution >= 0.6 is 18.7 Å². The zero-order valence-corrected chi connectivity index (χ0v) is 19.4. The Morgan fingerprint density at radius 2 is 1.88 bits per heavy atom. The molecule has 4 N–H and O–H groups in total. The lowest BCUT2D eigenvalue weighted by Crippen LogP contribution is -2.24. The molecular formula is C22H24N3O5PS. The second-order valence-electron chi connectivity index (χ2n) is 7.04. The molecule has 0 aliphatic heterocycles. The second kappa shape index (κ2) is 10.5. The van der Waals surface area contributed by atoms with E-state index in [1.54, 1.807) is 41.7 Å². The molecule has 0 aliphatic rings. The van der Waals surface area contributed by atoms with Gasteiger partial charge in [-0.3, -0.25) is 9.36 Å². The van der Waals surface area contributed by atoms with Crippen molar-refractivity contribution < 1.29 is 23.4 Å². The van der Waals surface area contributed by atoms with Gasteiger partial charge in [0.05, 0.1) is 11.4 Å². The molecule has 3 rings (SSSR count). The fraction of sp³-hybridized carbons (Fsp3) is 0.182. The molecule has 1 unspecified atom stereocenters. The lowest BCUT2D eigenvalue weighted by Gasteiger charge is -2.12. The average molecular weight is 473 g/mol. The lowest BCUT2D eigenvalue weighted by molar-refractivity contribution is 0.102. The van der Waals surface area contributed by atoms with Gasteiger partial charge in [-0.1, -0.05) is 24.3 Å². The van der Waals surface area contributed by atoms with Crippen molar-refractivity contribution in [3.05, 3.63) is 71.1 Å². The third-order valence-electron chi connectivity index (χ3n) is 4.58. The van der Waals surface area contributed by atoms with E-state index < -0.39 is 13.5 Å². The minimum Gasteiger partial charge on any atom is -0.439 e. The summed E-state index contributed by atoms with van der Waals surface area (Å²) in [4.78, 5) is 25.5. The van der Waals surface area contributed by atoms with Crippen molar-refractivity contribution in [1.29, 1.82) is 0 Å². The van der Waals surface area contributed by atoms with Crippen LogP contribution in [0.2, 0.25) is 0 Å². The maximum absolute atomic E-state index is 12.7. The number of carbonyl (C=O) groups excluding carboxylic acids is 2. The largest absolute Gasteiger partial charge is 0.439 e. The van der Waals surface area contributed by atoms with Gasteiger partial charge in [-0.2, -0.15) is 0 Å². The summed E-state index contributed by atoms with van der Waals surface area (Å²) in [6, 6.07) is 16.3. The lowest BCUT2D eigenvalue weighted by atomic mass is 10.1. The molecule has 32 heavy (non-hydrogen) atoms. The fourth-order valence-electron chi connectivity index (χ4n) is 2.68. The van der Waals surface area contributed by atoms with E-state index in [1.165, 1.54) is 13.8 Å². The maximum Gasteiger partial charge on any atom is 0.407 e. The molecule has 0 spiro atoms. The molecule has 0 saturated carbocycles. The zero-order chi connectivity index (χ0) is 23.1. The van der Waals surface area contributed by atoms with E-state index >= 15 is 0 Å². The highest BCUT2D eigenvalue weighted by molar-refractivity contribution is 7.57. The first kappa shape index (κ1) is 23.5. The van der Waals surface area contributed by atoms with Crippen LogP contribution in [0, 0.1) is 0 Å². The van der Waals surface area contributed by atoms with E-state index in [9.17, 15) is 14.2 Å². The van der Waals surface area contributed by atoms with Crippen LogP contribution in [0.4, 0.5) is 16.2 Å². The van der Waals surface area contributed by atoms with Gasteiger partial charge in [0.15, 0.2) is 6.35 Å². The number of hydrogen-bond acceptors (Lipinski definition) is 7. The quantitative estimate of drug-likeness (QED) is 0.313. The third kappa shape index (κ3) is 6.43. The Bertz CT molecular complexity index is 1130. The number of thiophene rings is 1. The normalized spacial score (nSPS) is 12.6. The molecule has 3 aromatic rings. The second-order valence-corrected chi connectivity index (χ2v) is 10.6. The molecule has 0 bridgehead atoms. The summed E-state index contributed by atoms with van der Waals surface area (Å²) in [6.45, 7) is 1.58. The van der Waals surface area contributed by atoms with Crippen LogP contribution in [0.3, 0.4) is 0 Å². The minimum atomic E-state index is -2.93. The average Bonchev–Trinajstić information content (AvgIpc) is 3.33. The van der Waals surface area contributed by atoms with E-state index in [1.807, 2.05) is 29.6 Å². The van der Waals surface area contributed by atoms with Crippen LogP contribution in [-0.4, -0.2) is 32.1 Å². The molecule has 0 radical (unpaired) electrons.